The van der Waals surface area contributed by atoms with E-state index in [-0.39, 0.29) is 12.3 Å². The van der Waals surface area contributed by atoms with E-state index in [0.29, 0.717) is 0 Å². The summed E-state index contributed by atoms with van der Waals surface area (Å²) < 4.78 is 5.48. The molecule has 18 heavy (non-hydrogen) atoms. The molecule has 0 unspecified atom stereocenters. The number of hydrogen-bond donors (Lipinski definition) is 2. The van der Waals surface area contributed by atoms with Crippen LogP contribution in [0.25, 0.3) is 21.7 Å². The molecule has 3 rings (SSSR count). The van der Waals surface area contributed by atoms with Crippen LogP contribution in [0.1, 0.15) is 5.56 Å². The molecule has 4 heteroatoms. The molecule has 0 aliphatic heterocycles. The third-order valence-electron chi connectivity index (χ3n) is 3.05. The van der Waals surface area contributed by atoms with Gasteiger partial charge in [-0.25, -0.2) is 5.84 Å². The average Bonchev–Trinajstić information content (AvgIpc) is 2.82. The number of rotatable bonds is 2. The molecule has 0 atom stereocenters. The van der Waals surface area contributed by atoms with Gasteiger partial charge in [-0.15, -0.1) is 0 Å². The molecule has 4 nitrogen and oxygen atoms in total. The normalized spacial score (nSPS) is 10.9. The highest BCUT2D eigenvalue weighted by Crippen LogP contribution is 2.29. The van der Waals surface area contributed by atoms with Crippen LogP contribution in [-0.2, 0) is 11.2 Å². The summed E-state index contributed by atoms with van der Waals surface area (Å²) in [5.74, 6) is 4.88. The van der Waals surface area contributed by atoms with Crippen molar-refractivity contribution >= 4 is 27.6 Å². The summed E-state index contributed by atoms with van der Waals surface area (Å²) in [5.41, 5.74) is 3.77. The predicted octanol–water partition coefficient (Wildman–Crippen LogP) is 2.12. The average molecular weight is 240 g/mol. The number of nitrogens with one attached hydrogen (secondary N) is 1. The van der Waals surface area contributed by atoms with E-state index in [1.54, 1.807) is 6.26 Å². The zero-order chi connectivity index (χ0) is 12.5. The zero-order valence-electron chi connectivity index (χ0n) is 9.64. The van der Waals surface area contributed by atoms with Crippen molar-refractivity contribution in [2.75, 3.05) is 0 Å². The second-order valence-corrected chi connectivity index (χ2v) is 4.17. The van der Waals surface area contributed by atoms with E-state index in [1.165, 1.54) is 0 Å². The maximum Gasteiger partial charge on any atom is 0.238 e. The summed E-state index contributed by atoms with van der Waals surface area (Å²) in [6.45, 7) is 0. The minimum atomic E-state index is -0.231. The third-order valence-corrected chi connectivity index (χ3v) is 3.05. The van der Waals surface area contributed by atoms with Crippen molar-refractivity contribution in [1.29, 1.82) is 0 Å². The first-order chi connectivity index (χ1) is 8.79. The van der Waals surface area contributed by atoms with E-state index in [1.807, 2.05) is 36.4 Å². The minimum Gasteiger partial charge on any atom is -0.464 e. The number of hydrazine groups is 1. The van der Waals surface area contributed by atoms with Crippen molar-refractivity contribution in [3.05, 3.63) is 48.2 Å². The molecule has 0 fully saturated rings. The second-order valence-electron chi connectivity index (χ2n) is 4.17. The summed E-state index contributed by atoms with van der Waals surface area (Å²) >= 11 is 0. The van der Waals surface area contributed by atoms with E-state index in [2.05, 4.69) is 5.43 Å². The molecule has 3 N–H and O–H groups in total. The Morgan fingerprint density at radius 2 is 2.06 bits per heavy atom. The van der Waals surface area contributed by atoms with Gasteiger partial charge in [0.1, 0.15) is 5.58 Å². The van der Waals surface area contributed by atoms with Gasteiger partial charge in [0, 0.05) is 10.9 Å². The van der Waals surface area contributed by atoms with Gasteiger partial charge in [0.25, 0.3) is 0 Å². The van der Waals surface area contributed by atoms with Crippen LogP contribution in [0.15, 0.2) is 47.1 Å². The summed E-state index contributed by atoms with van der Waals surface area (Å²) in [6, 6.07) is 11.9. The molecule has 0 aliphatic rings. The van der Waals surface area contributed by atoms with Crippen molar-refractivity contribution < 1.29 is 9.21 Å². The van der Waals surface area contributed by atoms with Gasteiger partial charge in [0.05, 0.1) is 12.7 Å². The van der Waals surface area contributed by atoms with Crippen LogP contribution in [0.3, 0.4) is 0 Å². The fourth-order valence-electron chi connectivity index (χ4n) is 2.23. The van der Waals surface area contributed by atoms with Gasteiger partial charge >= 0.3 is 0 Å². The maximum atomic E-state index is 11.4. The van der Waals surface area contributed by atoms with E-state index >= 15 is 0 Å². The highest BCUT2D eigenvalue weighted by atomic mass is 16.3. The molecule has 0 aliphatic carbocycles. The lowest BCUT2D eigenvalue weighted by molar-refractivity contribution is -0.120. The van der Waals surface area contributed by atoms with Crippen LogP contribution in [0, 0.1) is 0 Å². The Hall–Kier alpha value is -2.33. The van der Waals surface area contributed by atoms with E-state index in [4.69, 9.17) is 10.3 Å². The quantitative estimate of drug-likeness (QED) is 0.409. The van der Waals surface area contributed by atoms with Crippen molar-refractivity contribution in [2.24, 2.45) is 5.84 Å². The van der Waals surface area contributed by atoms with Gasteiger partial charge in [-0.05, 0) is 16.8 Å². The number of benzene rings is 2. The van der Waals surface area contributed by atoms with Crippen LogP contribution in [-0.4, -0.2) is 5.91 Å². The van der Waals surface area contributed by atoms with Crippen LogP contribution in [0.4, 0.5) is 0 Å². The first-order valence-electron chi connectivity index (χ1n) is 5.67. The molecule has 1 heterocycles. The number of amides is 1. The Labute approximate surface area is 103 Å². The predicted molar refractivity (Wildman–Crippen MR) is 69.8 cm³/mol. The SMILES string of the molecule is NNC(=O)Cc1coc2ccc3ccccc3c12. The maximum absolute atomic E-state index is 11.4. The standard InChI is InChI=1S/C14H12N2O2/c15-16-13(17)7-10-8-18-12-6-5-9-3-1-2-4-11(9)14(10)12/h1-6,8H,7,15H2,(H,16,17). The molecule has 0 saturated heterocycles. The fourth-order valence-corrected chi connectivity index (χ4v) is 2.23. The lowest BCUT2D eigenvalue weighted by Gasteiger charge is -2.01. The second kappa shape index (κ2) is 4.16. The molecule has 1 amide bonds. The Bertz CT molecular complexity index is 731. The summed E-state index contributed by atoms with van der Waals surface area (Å²) in [5, 5.41) is 3.20. The number of nitrogens with two attached hydrogens (primary N) is 1. The topological polar surface area (TPSA) is 68.3 Å². The van der Waals surface area contributed by atoms with Gasteiger partial charge in [-0.1, -0.05) is 30.3 Å². The summed E-state index contributed by atoms with van der Waals surface area (Å²) in [7, 11) is 0. The monoisotopic (exact) mass is 240 g/mol. The Morgan fingerprint density at radius 1 is 1.22 bits per heavy atom. The lowest BCUT2D eigenvalue weighted by Crippen LogP contribution is -2.31. The highest BCUT2D eigenvalue weighted by Gasteiger charge is 2.12. The smallest absolute Gasteiger partial charge is 0.238 e. The summed E-state index contributed by atoms with van der Waals surface area (Å²) in [4.78, 5) is 11.4. The lowest BCUT2D eigenvalue weighted by atomic mass is 10.0. The van der Waals surface area contributed by atoms with Gasteiger partial charge in [0.2, 0.25) is 5.91 Å². The molecule has 0 spiro atoms. The number of carbonyl (C=O) groups excluding carboxylic acids is 1. The number of hydrogen-bond acceptors (Lipinski definition) is 3. The van der Waals surface area contributed by atoms with Crippen molar-refractivity contribution in [1.82, 2.24) is 5.43 Å². The van der Waals surface area contributed by atoms with Crippen LogP contribution in [0.5, 0.6) is 0 Å². The molecule has 0 radical (unpaired) electrons. The van der Waals surface area contributed by atoms with Crippen LogP contribution < -0.4 is 11.3 Å². The van der Waals surface area contributed by atoms with E-state index < -0.39 is 0 Å². The van der Waals surface area contributed by atoms with Crippen LogP contribution >= 0.6 is 0 Å². The Balaban J connectivity index is 2.27. The van der Waals surface area contributed by atoms with Crippen molar-refractivity contribution in [2.45, 2.75) is 6.42 Å². The summed E-state index contributed by atoms with van der Waals surface area (Å²) in [6.07, 6.45) is 1.84. The van der Waals surface area contributed by atoms with Gasteiger partial charge in [0.15, 0.2) is 0 Å². The van der Waals surface area contributed by atoms with E-state index in [9.17, 15) is 4.79 Å². The van der Waals surface area contributed by atoms with Gasteiger partial charge in [-0.3, -0.25) is 10.2 Å². The van der Waals surface area contributed by atoms with Crippen molar-refractivity contribution in [3.8, 4) is 0 Å². The molecule has 0 bridgehead atoms. The molecular weight excluding hydrogens is 228 g/mol. The molecule has 3 aromatic rings. The molecule has 90 valence electrons. The zero-order valence-corrected chi connectivity index (χ0v) is 9.64. The minimum absolute atomic E-state index is 0.220. The first kappa shape index (κ1) is 10.8. The Morgan fingerprint density at radius 3 is 2.89 bits per heavy atom. The third kappa shape index (κ3) is 1.63. The largest absolute Gasteiger partial charge is 0.464 e. The Kier molecular flexibility index (Phi) is 2.50. The highest BCUT2D eigenvalue weighted by molar-refractivity contribution is 6.08. The van der Waals surface area contributed by atoms with Crippen LogP contribution in [0.2, 0.25) is 0 Å². The number of furan rings is 1. The van der Waals surface area contributed by atoms with Crippen molar-refractivity contribution in [3.63, 3.8) is 0 Å². The van der Waals surface area contributed by atoms with E-state index in [0.717, 1.165) is 27.3 Å². The molecular formula is C14H12N2O2. The first-order valence-corrected chi connectivity index (χ1v) is 5.67. The number of carbonyl (C=O) groups is 1. The molecule has 1 aromatic heterocycles. The van der Waals surface area contributed by atoms with Gasteiger partial charge in [-0.2, -0.15) is 0 Å². The van der Waals surface area contributed by atoms with Gasteiger partial charge < -0.3 is 4.42 Å². The number of fused-ring (bicyclic) bond motifs is 3. The fraction of sp³-hybridized carbons (Fsp3) is 0.0714. The molecule has 2 aromatic carbocycles. The molecule has 0 saturated carbocycles.